The molecule has 1 aliphatic rings. The first-order chi connectivity index (χ1) is 8.00. The topological polar surface area (TPSA) is 67.2 Å². The molecule has 2 atom stereocenters. The third-order valence-corrected chi connectivity index (χ3v) is 3.71. The van der Waals surface area contributed by atoms with Crippen LogP contribution in [0, 0.1) is 5.41 Å². The molecule has 1 aromatic rings. The van der Waals surface area contributed by atoms with Crippen LogP contribution in [0.5, 0.6) is 0 Å². The van der Waals surface area contributed by atoms with Crippen LogP contribution >= 0.6 is 0 Å². The molecule has 94 valence electrons. The molecule has 1 aromatic heterocycles. The molecule has 0 aliphatic heterocycles. The molecule has 5 nitrogen and oxygen atoms in total. The van der Waals surface area contributed by atoms with Crippen LogP contribution in [-0.4, -0.2) is 32.7 Å². The van der Waals surface area contributed by atoms with Crippen molar-refractivity contribution in [2.45, 2.75) is 45.4 Å². The summed E-state index contributed by atoms with van der Waals surface area (Å²) >= 11 is 0. The first-order valence-corrected chi connectivity index (χ1v) is 5.93. The fourth-order valence-electron chi connectivity index (χ4n) is 2.06. The minimum Gasteiger partial charge on any atom is -0.392 e. The minimum absolute atomic E-state index is 0.0312. The second-order valence-corrected chi connectivity index (χ2v) is 5.24. The van der Waals surface area contributed by atoms with Crippen LogP contribution < -0.4 is 5.32 Å². The van der Waals surface area contributed by atoms with Gasteiger partial charge in [0.2, 0.25) is 5.91 Å². The number of carbonyl (C=O) groups excluding carboxylic acids is 1. The summed E-state index contributed by atoms with van der Waals surface area (Å²) in [5, 5.41) is 12.5. The van der Waals surface area contributed by atoms with Crippen LogP contribution in [0.25, 0.3) is 0 Å². The highest BCUT2D eigenvalue weighted by Gasteiger charge is 2.47. The molecular formula is C12H19N3O2. The van der Waals surface area contributed by atoms with Gasteiger partial charge >= 0.3 is 0 Å². The van der Waals surface area contributed by atoms with E-state index in [4.69, 9.17) is 0 Å². The van der Waals surface area contributed by atoms with E-state index in [0.29, 0.717) is 19.4 Å². The summed E-state index contributed by atoms with van der Waals surface area (Å²) in [6.07, 6.45) is 6.03. The first-order valence-electron chi connectivity index (χ1n) is 5.93. The maximum absolute atomic E-state index is 11.7. The SMILES string of the molecule is CC1(C)C(O)CC1NC(=O)CCn1ccnc1. The number of aryl methyl sites for hydroxylation is 1. The number of rotatable bonds is 4. The summed E-state index contributed by atoms with van der Waals surface area (Å²) in [7, 11) is 0. The second-order valence-electron chi connectivity index (χ2n) is 5.24. The lowest BCUT2D eigenvalue weighted by molar-refractivity contribution is -0.129. The van der Waals surface area contributed by atoms with Crippen molar-refractivity contribution in [1.29, 1.82) is 0 Å². The van der Waals surface area contributed by atoms with Gasteiger partial charge in [-0.2, -0.15) is 0 Å². The molecule has 0 bridgehead atoms. The smallest absolute Gasteiger partial charge is 0.222 e. The van der Waals surface area contributed by atoms with Gasteiger partial charge in [-0.1, -0.05) is 13.8 Å². The molecule has 0 aromatic carbocycles. The van der Waals surface area contributed by atoms with Gasteiger partial charge in [-0.3, -0.25) is 4.79 Å². The largest absolute Gasteiger partial charge is 0.392 e. The number of aliphatic hydroxyl groups is 1. The van der Waals surface area contributed by atoms with E-state index < -0.39 is 0 Å². The Hall–Kier alpha value is -1.36. The normalized spacial score (nSPS) is 26.3. The summed E-state index contributed by atoms with van der Waals surface area (Å²) in [4.78, 5) is 15.6. The highest BCUT2D eigenvalue weighted by molar-refractivity contribution is 5.76. The second kappa shape index (κ2) is 4.49. The molecule has 2 rings (SSSR count). The summed E-state index contributed by atoms with van der Waals surface area (Å²) < 4.78 is 1.88. The van der Waals surface area contributed by atoms with E-state index in [2.05, 4.69) is 10.3 Å². The van der Waals surface area contributed by atoms with E-state index in [1.165, 1.54) is 0 Å². The summed E-state index contributed by atoms with van der Waals surface area (Å²) in [5.74, 6) is 0.0312. The number of hydrogen-bond donors (Lipinski definition) is 2. The number of nitrogens with zero attached hydrogens (tertiary/aromatic N) is 2. The Bertz CT molecular complexity index is 386. The molecule has 17 heavy (non-hydrogen) atoms. The number of hydrogen-bond acceptors (Lipinski definition) is 3. The fraction of sp³-hybridized carbons (Fsp3) is 0.667. The summed E-state index contributed by atoms with van der Waals surface area (Å²) in [6.45, 7) is 4.59. The molecule has 1 saturated carbocycles. The van der Waals surface area contributed by atoms with E-state index >= 15 is 0 Å². The van der Waals surface area contributed by atoms with Gasteiger partial charge in [0.1, 0.15) is 0 Å². The number of aromatic nitrogens is 2. The van der Waals surface area contributed by atoms with Crippen molar-refractivity contribution in [2.75, 3.05) is 0 Å². The zero-order valence-corrected chi connectivity index (χ0v) is 10.3. The molecule has 1 heterocycles. The van der Waals surface area contributed by atoms with Crippen LogP contribution in [0.3, 0.4) is 0 Å². The average molecular weight is 237 g/mol. The predicted octanol–water partition coefficient (Wildman–Crippen LogP) is 0.549. The Labute approximate surface area is 101 Å². The molecule has 0 spiro atoms. The van der Waals surface area contributed by atoms with Gasteiger partial charge in [0.15, 0.2) is 0 Å². The molecule has 1 aliphatic carbocycles. The summed E-state index contributed by atoms with van der Waals surface area (Å²) in [5.41, 5.74) is -0.204. The van der Waals surface area contributed by atoms with Crippen molar-refractivity contribution >= 4 is 5.91 Å². The lowest BCUT2D eigenvalue weighted by atomic mass is 9.64. The number of amides is 1. The van der Waals surface area contributed by atoms with E-state index in [1.807, 2.05) is 24.6 Å². The van der Waals surface area contributed by atoms with Gasteiger partial charge in [-0.05, 0) is 6.42 Å². The molecular weight excluding hydrogens is 218 g/mol. The minimum atomic E-state index is -0.304. The highest BCUT2D eigenvalue weighted by atomic mass is 16.3. The summed E-state index contributed by atoms with van der Waals surface area (Å²) in [6, 6.07) is 0.0905. The third kappa shape index (κ3) is 2.49. The van der Waals surface area contributed by atoms with E-state index in [0.717, 1.165) is 0 Å². The van der Waals surface area contributed by atoms with Crippen molar-refractivity contribution in [3.05, 3.63) is 18.7 Å². The van der Waals surface area contributed by atoms with E-state index in [1.54, 1.807) is 12.5 Å². The maximum Gasteiger partial charge on any atom is 0.222 e. The predicted molar refractivity (Wildman–Crippen MR) is 63.2 cm³/mol. The Morgan fingerprint density at radius 1 is 1.65 bits per heavy atom. The Balaban J connectivity index is 1.75. The fourth-order valence-corrected chi connectivity index (χ4v) is 2.06. The van der Waals surface area contributed by atoms with Gasteiger partial charge in [0, 0.05) is 36.8 Å². The molecule has 1 fully saturated rings. The molecule has 2 unspecified atom stereocenters. The Morgan fingerprint density at radius 3 is 2.94 bits per heavy atom. The van der Waals surface area contributed by atoms with Crippen LogP contribution in [0.15, 0.2) is 18.7 Å². The first kappa shape index (κ1) is 12.1. The average Bonchev–Trinajstić information content (AvgIpc) is 2.79. The molecule has 5 heteroatoms. The third-order valence-electron chi connectivity index (χ3n) is 3.71. The van der Waals surface area contributed by atoms with Crippen molar-refractivity contribution in [3.63, 3.8) is 0 Å². The molecule has 0 saturated heterocycles. The lowest BCUT2D eigenvalue weighted by Crippen LogP contribution is -2.61. The highest BCUT2D eigenvalue weighted by Crippen LogP contribution is 2.40. The molecule has 0 radical (unpaired) electrons. The van der Waals surface area contributed by atoms with Gasteiger partial charge in [0.05, 0.1) is 12.4 Å². The van der Waals surface area contributed by atoms with Crippen LogP contribution in [0.4, 0.5) is 0 Å². The van der Waals surface area contributed by atoms with Gasteiger partial charge in [0.25, 0.3) is 0 Å². The number of aliphatic hydroxyl groups excluding tert-OH is 1. The zero-order chi connectivity index (χ0) is 12.5. The Morgan fingerprint density at radius 2 is 2.41 bits per heavy atom. The number of nitrogens with one attached hydrogen (secondary N) is 1. The van der Waals surface area contributed by atoms with E-state index in [-0.39, 0.29) is 23.5 Å². The van der Waals surface area contributed by atoms with Crippen LogP contribution in [0.2, 0.25) is 0 Å². The standard InChI is InChI=1S/C12H19N3O2/c1-12(2)9(7-10(12)16)14-11(17)3-5-15-6-4-13-8-15/h4,6,8-10,16H,3,5,7H2,1-2H3,(H,14,17). The lowest BCUT2D eigenvalue weighted by Gasteiger charge is -2.49. The maximum atomic E-state index is 11.7. The van der Waals surface area contributed by atoms with Crippen LogP contribution in [-0.2, 0) is 11.3 Å². The number of imidazole rings is 1. The van der Waals surface area contributed by atoms with Crippen molar-refractivity contribution in [3.8, 4) is 0 Å². The Kier molecular flexibility index (Phi) is 3.19. The molecule has 2 N–H and O–H groups in total. The van der Waals surface area contributed by atoms with Crippen LogP contribution in [0.1, 0.15) is 26.7 Å². The zero-order valence-electron chi connectivity index (χ0n) is 10.3. The quantitative estimate of drug-likeness (QED) is 0.803. The van der Waals surface area contributed by atoms with Crippen molar-refractivity contribution in [1.82, 2.24) is 14.9 Å². The van der Waals surface area contributed by atoms with Gasteiger partial charge in [-0.15, -0.1) is 0 Å². The van der Waals surface area contributed by atoms with Gasteiger partial charge in [-0.25, -0.2) is 4.98 Å². The monoisotopic (exact) mass is 237 g/mol. The van der Waals surface area contributed by atoms with Gasteiger partial charge < -0.3 is 15.0 Å². The van der Waals surface area contributed by atoms with Crippen molar-refractivity contribution < 1.29 is 9.90 Å². The number of carbonyl (C=O) groups is 1. The van der Waals surface area contributed by atoms with E-state index in [9.17, 15) is 9.90 Å². The molecule has 1 amide bonds. The van der Waals surface area contributed by atoms with Crippen molar-refractivity contribution in [2.24, 2.45) is 5.41 Å².